The molecule has 1 aromatic heterocycles. The third-order valence-electron chi connectivity index (χ3n) is 2.89. The Hall–Kier alpha value is -2.13. The molecule has 104 valence electrons. The predicted octanol–water partition coefficient (Wildman–Crippen LogP) is 1.95. The van der Waals surface area contributed by atoms with Gasteiger partial charge in [-0.25, -0.2) is 8.42 Å². The number of anilines is 1. The largest absolute Gasteiger partial charge is 0.383 e. The molecule has 0 radical (unpaired) electrons. The molecule has 0 aliphatic heterocycles. The number of sulfone groups is 1. The molecule has 2 aromatic rings. The molecule has 0 bridgehead atoms. The monoisotopic (exact) mass is 289 g/mol. The van der Waals surface area contributed by atoms with E-state index < -0.39 is 9.84 Å². The van der Waals surface area contributed by atoms with E-state index in [1.807, 2.05) is 24.3 Å². The van der Waals surface area contributed by atoms with Crippen molar-refractivity contribution in [3.63, 3.8) is 0 Å². The second-order valence-electron chi connectivity index (χ2n) is 4.59. The molecule has 6 heteroatoms. The third-order valence-corrected chi connectivity index (χ3v) is 3.92. The van der Waals surface area contributed by atoms with Gasteiger partial charge >= 0.3 is 0 Å². The lowest BCUT2D eigenvalue weighted by Gasteiger charge is -2.10. The summed E-state index contributed by atoms with van der Waals surface area (Å²) in [6, 6.07) is 9.63. The van der Waals surface area contributed by atoms with Crippen LogP contribution in [0.4, 0.5) is 5.69 Å². The van der Waals surface area contributed by atoms with Crippen LogP contribution in [0.1, 0.15) is 12.0 Å². The number of benzene rings is 1. The average Bonchev–Trinajstić information content (AvgIpc) is 2.42. The molecule has 1 N–H and O–H groups in total. The summed E-state index contributed by atoms with van der Waals surface area (Å²) < 4.78 is 22.2. The molecule has 5 nitrogen and oxygen atoms in total. The topological polar surface area (TPSA) is 82.9 Å². The molecule has 0 unspecified atom stereocenters. The van der Waals surface area contributed by atoms with Gasteiger partial charge in [0.2, 0.25) is 0 Å². The van der Waals surface area contributed by atoms with Crippen LogP contribution in [0, 0.1) is 11.3 Å². The van der Waals surface area contributed by atoms with Gasteiger partial charge in [-0.05, 0) is 12.5 Å². The van der Waals surface area contributed by atoms with Crippen molar-refractivity contribution in [3.05, 3.63) is 36.0 Å². The molecule has 1 heterocycles. The lowest BCUT2D eigenvalue weighted by atomic mass is 10.1. The maximum absolute atomic E-state index is 11.1. The summed E-state index contributed by atoms with van der Waals surface area (Å²) >= 11 is 0. The van der Waals surface area contributed by atoms with Crippen molar-refractivity contribution < 1.29 is 8.42 Å². The Morgan fingerprint density at radius 3 is 2.80 bits per heavy atom. The Balaban J connectivity index is 2.22. The molecular weight excluding hydrogens is 274 g/mol. The number of nitrogens with zero attached hydrogens (tertiary/aromatic N) is 2. The highest BCUT2D eigenvalue weighted by molar-refractivity contribution is 7.90. The van der Waals surface area contributed by atoms with Crippen LogP contribution < -0.4 is 5.32 Å². The first-order valence-corrected chi connectivity index (χ1v) is 8.27. The van der Waals surface area contributed by atoms with E-state index in [4.69, 9.17) is 5.26 Å². The van der Waals surface area contributed by atoms with Crippen LogP contribution in [0.5, 0.6) is 0 Å². The van der Waals surface area contributed by atoms with Gasteiger partial charge < -0.3 is 5.32 Å². The number of rotatable bonds is 5. The predicted molar refractivity (Wildman–Crippen MR) is 79.3 cm³/mol. The Kier molecular flexibility index (Phi) is 4.20. The maximum atomic E-state index is 11.1. The SMILES string of the molecule is CS(=O)(=O)CCCNc1c(C#N)cnc2ccccc12. The molecule has 0 saturated carbocycles. The van der Waals surface area contributed by atoms with Crippen molar-refractivity contribution in [2.45, 2.75) is 6.42 Å². The minimum absolute atomic E-state index is 0.130. The minimum atomic E-state index is -2.95. The van der Waals surface area contributed by atoms with Crippen molar-refractivity contribution in [1.82, 2.24) is 4.98 Å². The van der Waals surface area contributed by atoms with E-state index in [1.165, 1.54) is 12.5 Å². The Bertz CT molecular complexity index is 764. The van der Waals surface area contributed by atoms with Crippen molar-refractivity contribution in [2.24, 2.45) is 0 Å². The molecule has 0 spiro atoms. The molecular formula is C14H15N3O2S. The fraction of sp³-hybridized carbons (Fsp3) is 0.286. The van der Waals surface area contributed by atoms with Gasteiger partial charge in [0.1, 0.15) is 15.9 Å². The van der Waals surface area contributed by atoms with E-state index in [1.54, 1.807) is 0 Å². The zero-order chi connectivity index (χ0) is 14.6. The van der Waals surface area contributed by atoms with Gasteiger partial charge in [-0.15, -0.1) is 0 Å². The van der Waals surface area contributed by atoms with Gasteiger partial charge in [0.05, 0.1) is 22.5 Å². The van der Waals surface area contributed by atoms with Crippen LogP contribution in [-0.4, -0.2) is 32.0 Å². The molecule has 0 fully saturated rings. The van der Waals surface area contributed by atoms with Gasteiger partial charge in [0.25, 0.3) is 0 Å². The molecule has 0 atom stereocenters. The van der Waals surface area contributed by atoms with Crippen LogP contribution in [-0.2, 0) is 9.84 Å². The number of nitriles is 1. The average molecular weight is 289 g/mol. The van der Waals surface area contributed by atoms with E-state index in [0.29, 0.717) is 24.2 Å². The summed E-state index contributed by atoms with van der Waals surface area (Å²) in [6.45, 7) is 0.496. The number of para-hydroxylation sites is 1. The van der Waals surface area contributed by atoms with E-state index in [2.05, 4.69) is 16.4 Å². The van der Waals surface area contributed by atoms with Gasteiger partial charge in [-0.3, -0.25) is 4.98 Å². The summed E-state index contributed by atoms with van der Waals surface area (Å²) in [5.74, 6) is 0.130. The van der Waals surface area contributed by atoms with Crippen molar-refractivity contribution in [2.75, 3.05) is 23.9 Å². The Morgan fingerprint density at radius 1 is 1.35 bits per heavy atom. The molecule has 0 aliphatic carbocycles. The standard InChI is InChI=1S/C14H15N3O2S/c1-20(18,19)8-4-7-16-14-11(9-15)10-17-13-6-3-2-5-12(13)14/h2-3,5-6,10H,4,7-8H2,1H3,(H,16,17). The first-order chi connectivity index (χ1) is 9.51. The fourth-order valence-electron chi connectivity index (χ4n) is 1.96. The fourth-order valence-corrected chi connectivity index (χ4v) is 2.63. The molecule has 0 amide bonds. The van der Waals surface area contributed by atoms with Gasteiger partial charge in [0.15, 0.2) is 0 Å². The Labute approximate surface area is 118 Å². The molecule has 1 aromatic carbocycles. The van der Waals surface area contributed by atoms with Gasteiger partial charge in [-0.2, -0.15) is 5.26 Å². The quantitative estimate of drug-likeness (QED) is 0.851. The highest BCUT2D eigenvalue weighted by Crippen LogP contribution is 2.25. The molecule has 20 heavy (non-hydrogen) atoms. The highest BCUT2D eigenvalue weighted by Gasteiger charge is 2.08. The number of hydrogen-bond donors (Lipinski definition) is 1. The minimum Gasteiger partial charge on any atom is -0.383 e. The van der Waals surface area contributed by atoms with Crippen LogP contribution in [0.15, 0.2) is 30.5 Å². The van der Waals surface area contributed by atoms with Crippen LogP contribution in [0.25, 0.3) is 10.9 Å². The third kappa shape index (κ3) is 3.45. The number of hydrogen-bond acceptors (Lipinski definition) is 5. The van der Waals surface area contributed by atoms with Crippen LogP contribution >= 0.6 is 0 Å². The maximum Gasteiger partial charge on any atom is 0.147 e. The van der Waals surface area contributed by atoms with Crippen molar-refractivity contribution in [1.29, 1.82) is 5.26 Å². The van der Waals surface area contributed by atoms with Crippen molar-refractivity contribution in [3.8, 4) is 6.07 Å². The molecule has 0 aliphatic rings. The lowest BCUT2D eigenvalue weighted by molar-refractivity contribution is 0.600. The second kappa shape index (κ2) is 5.88. The second-order valence-corrected chi connectivity index (χ2v) is 6.85. The van der Waals surface area contributed by atoms with E-state index in [0.717, 1.165) is 10.9 Å². The normalized spacial score (nSPS) is 11.2. The lowest BCUT2D eigenvalue weighted by Crippen LogP contribution is -2.10. The molecule has 0 saturated heterocycles. The summed E-state index contributed by atoms with van der Waals surface area (Å²) in [5, 5.41) is 13.2. The highest BCUT2D eigenvalue weighted by atomic mass is 32.2. The number of nitrogens with one attached hydrogen (secondary N) is 1. The summed E-state index contributed by atoms with van der Waals surface area (Å²) in [5.41, 5.74) is 1.98. The van der Waals surface area contributed by atoms with E-state index >= 15 is 0 Å². The summed E-state index contributed by atoms with van der Waals surface area (Å²) in [7, 11) is -2.95. The summed E-state index contributed by atoms with van der Waals surface area (Å²) in [4.78, 5) is 4.22. The molecule has 2 rings (SSSR count). The first kappa shape index (κ1) is 14.3. The van der Waals surface area contributed by atoms with E-state index in [9.17, 15) is 8.42 Å². The van der Waals surface area contributed by atoms with Gasteiger partial charge in [-0.1, -0.05) is 18.2 Å². The van der Waals surface area contributed by atoms with Crippen LogP contribution in [0.2, 0.25) is 0 Å². The zero-order valence-electron chi connectivity index (χ0n) is 11.1. The van der Waals surface area contributed by atoms with Crippen LogP contribution in [0.3, 0.4) is 0 Å². The van der Waals surface area contributed by atoms with Gasteiger partial charge in [0, 0.05) is 24.4 Å². The van der Waals surface area contributed by atoms with E-state index in [-0.39, 0.29) is 5.75 Å². The zero-order valence-corrected chi connectivity index (χ0v) is 11.9. The number of pyridine rings is 1. The van der Waals surface area contributed by atoms with Crippen molar-refractivity contribution >= 4 is 26.4 Å². The Morgan fingerprint density at radius 2 is 2.10 bits per heavy atom. The first-order valence-electron chi connectivity index (χ1n) is 6.21. The smallest absolute Gasteiger partial charge is 0.147 e. The summed E-state index contributed by atoms with van der Waals surface area (Å²) in [6.07, 6.45) is 3.25. The number of aromatic nitrogens is 1. The number of fused-ring (bicyclic) bond motifs is 1.